The Kier molecular flexibility index (Phi) is 24.8. The van der Waals surface area contributed by atoms with E-state index < -0.39 is 11.9 Å². The molecule has 188 valence electrons. The van der Waals surface area contributed by atoms with Gasteiger partial charge in [0.25, 0.3) is 0 Å². The van der Waals surface area contributed by atoms with Gasteiger partial charge >= 0.3 is 11.9 Å². The van der Waals surface area contributed by atoms with E-state index in [4.69, 9.17) is 10.2 Å². The van der Waals surface area contributed by atoms with E-state index in [1.54, 1.807) is 0 Å². The molecular formula is C29H48O4. The van der Waals surface area contributed by atoms with Crippen LogP contribution in [0.3, 0.4) is 0 Å². The predicted molar refractivity (Wildman–Crippen MR) is 137 cm³/mol. The summed E-state index contributed by atoms with van der Waals surface area (Å²) in [6, 6.07) is 0. The first-order chi connectivity index (χ1) is 16.1. The molecule has 0 bridgehead atoms. The fraction of sp³-hybridized carbons (Fsp3) is 0.793. The molecule has 0 aliphatic heterocycles. The van der Waals surface area contributed by atoms with Crippen LogP contribution in [0, 0.1) is 23.7 Å². The first kappa shape index (κ1) is 31.1. The van der Waals surface area contributed by atoms with Crippen LogP contribution < -0.4 is 0 Å². The van der Waals surface area contributed by atoms with Crippen molar-refractivity contribution in [2.45, 2.75) is 148 Å². The lowest BCUT2D eigenvalue weighted by atomic mass is 10.0. The number of aliphatic carboxylic acids is 2. The number of unbranched alkanes of at least 4 members (excludes halogenated alkanes) is 19. The Hall–Kier alpha value is -1.94. The molecule has 0 atom stereocenters. The highest BCUT2D eigenvalue weighted by molar-refractivity contribution is 5.66. The van der Waals surface area contributed by atoms with Gasteiger partial charge in [-0.05, 0) is 37.5 Å². The third-order valence-electron chi connectivity index (χ3n) is 5.87. The SMILES string of the molecule is O=C(O)CCCCCCCC#CC#CCCCCCCCCCCCCCCCCC(=O)O. The van der Waals surface area contributed by atoms with E-state index in [-0.39, 0.29) is 6.42 Å². The minimum absolute atomic E-state index is 0.289. The zero-order chi connectivity index (χ0) is 24.2. The molecule has 4 nitrogen and oxygen atoms in total. The molecule has 0 saturated carbocycles. The third kappa shape index (κ3) is 30.1. The molecule has 0 aromatic heterocycles. The normalized spacial score (nSPS) is 10.2. The number of carboxylic acids is 2. The Balaban J connectivity index is 3.22. The molecule has 0 radical (unpaired) electrons. The van der Waals surface area contributed by atoms with Gasteiger partial charge in [0.15, 0.2) is 0 Å². The average molecular weight is 461 g/mol. The lowest BCUT2D eigenvalue weighted by Crippen LogP contribution is -1.93. The van der Waals surface area contributed by atoms with E-state index in [1.165, 1.54) is 77.0 Å². The van der Waals surface area contributed by atoms with E-state index >= 15 is 0 Å². The van der Waals surface area contributed by atoms with Crippen molar-refractivity contribution in [1.29, 1.82) is 0 Å². The summed E-state index contributed by atoms with van der Waals surface area (Å²) in [4.78, 5) is 20.8. The van der Waals surface area contributed by atoms with Crippen molar-refractivity contribution in [3.63, 3.8) is 0 Å². The molecule has 0 rings (SSSR count). The van der Waals surface area contributed by atoms with Crippen molar-refractivity contribution in [2.75, 3.05) is 0 Å². The Labute approximate surface area is 203 Å². The van der Waals surface area contributed by atoms with Gasteiger partial charge in [0.2, 0.25) is 0 Å². The molecule has 0 aliphatic carbocycles. The molecule has 0 unspecified atom stereocenters. The van der Waals surface area contributed by atoms with Crippen molar-refractivity contribution in [3.05, 3.63) is 0 Å². The number of carbonyl (C=O) groups is 2. The third-order valence-corrected chi connectivity index (χ3v) is 5.87. The minimum Gasteiger partial charge on any atom is -0.481 e. The summed E-state index contributed by atoms with van der Waals surface area (Å²) in [5, 5.41) is 17.2. The second kappa shape index (κ2) is 26.3. The quantitative estimate of drug-likeness (QED) is 0.119. The van der Waals surface area contributed by atoms with E-state index in [9.17, 15) is 9.59 Å². The fourth-order valence-corrected chi connectivity index (χ4v) is 3.84. The van der Waals surface area contributed by atoms with Gasteiger partial charge in [-0.25, -0.2) is 0 Å². The molecule has 0 heterocycles. The van der Waals surface area contributed by atoms with Crippen molar-refractivity contribution in [2.24, 2.45) is 0 Å². The van der Waals surface area contributed by atoms with Crippen molar-refractivity contribution >= 4 is 11.9 Å². The van der Waals surface area contributed by atoms with E-state index in [0.29, 0.717) is 6.42 Å². The van der Waals surface area contributed by atoms with Gasteiger partial charge in [-0.2, -0.15) is 0 Å². The summed E-state index contributed by atoms with van der Waals surface area (Å²) in [6.45, 7) is 0. The molecular weight excluding hydrogens is 412 g/mol. The molecule has 0 fully saturated rings. The van der Waals surface area contributed by atoms with Gasteiger partial charge in [0.1, 0.15) is 0 Å². The van der Waals surface area contributed by atoms with Gasteiger partial charge in [0, 0.05) is 25.7 Å². The highest BCUT2D eigenvalue weighted by Gasteiger charge is 1.97. The zero-order valence-corrected chi connectivity index (χ0v) is 21.0. The second-order valence-corrected chi connectivity index (χ2v) is 9.11. The Morgan fingerprint density at radius 2 is 0.636 bits per heavy atom. The second-order valence-electron chi connectivity index (χ2n) is 9.11. The smallest absolute Gasteiger partial charge is 0.303 e. The molecule has 0 spiro atoms. The van der Waals surface area contributed by atoms with E-state index in [1.807, 2.05) is 0 Å². The maximum Gasteiger partial charge on any atom is 0.303 e. The predicted octanol–water partition coefficient (Wildman–Crippen LogP) is 8.13. The lowest BCUT2D eigenvalue weighted by molar-refractivity contribution is -0.138. The van der Waals surface area contributed by atoms with E-state index in [2.05, 4.69) is 23.7 Å². The molecule has 0 aromatic carbocycles. The molecule has 0 aliphatic rings. The zero-order valence-electron chi connectivity index (χ0n) is 21.0. The van der Waals surface area contributed by atoms with Gasteiger partial charge < -0.3 is 10.2 Å². The first-order valence-corrected chi connectivity index (χ1v) is 13.5. The minimum atomic E-state index is -0.697. The summed E-state index contributed by atoms with van der Waals surface area (Å²) in [7, 11) is 0. The van der Waals surface area contributed by atoms with Crippen LogP contribution in [0.5, 0.6) is 0 Å². The highest BCUT2D eigenvalue weighted by Crippen LogP contribution is 2.13. The van der Waals surface area contributed by atoms with Crippen LogP contribution in [0.2, 0.25) is 0 Å². The van der Waals surface area contributed by atoms with Crippen LogP contribution in [0.1, 0.15) is 148 Å². The Morgan fingerprint density at radius 3 is 0.909 bits per heavy atom. The number of hydrogen-bond donors (Lipinski definition) is 2. The summed E-state index contributed by atoms with van der Waals surface area (Å²) in [5.74, 6) is 10.8. The maximum absolute atomic E-state index is 10.4. The summed E-state index contributed by atoms with van der Waals surface area (Å²) in [6.07, 6.45) is 25.0. The van der Waals surface area contributed by atoms with Crippen LogP contribution in [0.25, 0.3) is 0 Å². The standard InChI is InChI=1S/C29H48O4/c30-28(31)26-24-22-20-18-16-14-12-10-8-6-4-2-1-3-5-7-9-11-13-15-17-19-21-23-25-27-29(32)33/h1-6,8,10,12,14-27H2,(H,30,31)(H,32,33). The molecule has 0 saturated heterocycles. The van der Waals surface area contributed by atoms with Crippen molar-refractivity contribution in [1.82, 2.24) is 0 Å². The van der Waals surface area contributed by atoms with Crippen LogP contribution in [0.15, 0.2) is 0 Å². The molecule has 0 amide bonds. The largest absolute Gasteiger partial charge is 0.481 e. The summed E-state index contributed by atoms with van der Waals surface area (Å²) < 4.78 is 0. The van der Waals surface area contributed by atoms with Crippen LogP contribution in [-0.2, 0) is 9.59 Å². The van der Waals surface area contributed by atoms with Crippen LogP contribution in [-0.4, -0.2) is 22.2 Å². The molecule has 0 aromatic rings. The van der Waals surface area contributed by atoms with Crippen LogP contribution >= 0.6 is 0 Å². The Bertz CT molecular complexity index is 588. The van der Waals surface area contributed by atoms with Crippen molar-refractivity contribution in [3.8, 4) is 23.7 Å². The van der Waals surface area contributed by atoms with E-state index in [0.717, 1.165) is 57.8 Å². The number of carboxylic acid groups (broad SMARTS) is 2. The van der Waals surface area contributed by atoms with Gasteiger partial charge in [-0.1, -0.05) is 108 Å². The van der Waals surface area contributed by atoms with Gasteiger partial charge in [-0.3, -0.25) is 9.59 Å². The monoisotopic (exact) mass is 460 g/mol. The Morgan fingerprint density at radius 1 is 0.394 bits per heavy atom. The number of rotatable bonds is 23. The highest BCUT2D eigenvalue weighted by atomic mass is 16.4. The fourth-order valence-electron chi connectivity index (χ4n) is 3.84. The lowest BCUT2D eigenvalue weighted by Gasteiger charge is -2.03. The molecule has 33 heavy (non-hydrogen) atoms. The summed E-state index contributed by atoms with van der Waals surface area (Å²) in [5.41, 5.74) is 0. The van der Waals surface area contributed by atoms with Crippen molar-refractivity contribution < 1.29 is 19.8 Å². The topological polar surface area (TPSA) is 74.6 Å². The van der Waals surface area contributed by atoms with Gasteiger partial charge in [-0.15, -0.1) is 0 Å². The number of hydrogen-bond acceptors (Lipinski definition) is 2. The van der Waals surface area contributed by atoms with Crippen LogP contribution in [0.4, 0.5) is 0 Å². The van der Waals surface area contributed by atoms with Gasteiger partial charge in [0.05, 0.1) is 0 Å². The average Bonchev–Trinajstić information content (AvgIpc) is 2.78. The maximum atomic E-state index is 10.4. The molecule has 2 N–H and O–H groups in total. The molecule has 4 heteroatoms. The first-order valence-electron chi connectivity index (χ1n) is 13.5. The summed E-state index contributed by atoms with van der Waals surface area (Å²) >= 11 is 0.